The molecular weight excluding hydrogens is 306 g/mol. The van der Waals surface area contributed by atoms with E-state index in [1.807, 2.05) is 18.2 Å². The number of halogens is 1. The zero-order chi connectivity index (χ0) is 13.8. The third kappa shape index (κ3) is 3.66. The van der Waals surface area contributed by atoms with Gasteiger partial charge in [0.25, 0.3) is 5.91 Å². The highest BCUT2D eigenvalue weighted by molar-refractivity contribution is 9.10. The van der Waals surface area contributed by atoms with Crippen LogP contribution in [0.5, 0.6) is 0 Å². The minimum Gasteiger partial charge on any atom is -0.389 e. The van der Waals surface area contributed by atoms with E-state index in [2.05, 4.69) is 21.2 Å². The molecule has 0 saturated carbocycles. The first-order valence-corrected chi connectivity index (χ1v) is 6.70. The number of amides is 1. The molecule has 0 aliphatic carbocycles. The molecule has 19 heavy (non-hydrogen) atoms. The maximum atomic E-state index is 12.1. The van der Waals surface area contributed by atoms with Crippen molar-refractivity contribution in [2.75, 3.05) is 5.32 Å². The molecule has 0 heterocycles. The van der Waals surface area contributed by atoms with Gasteiger partial charge in [0.2, 0.25) is 0 Å². The Kier molecular flexibility index (Phi) is 4.35. The molecular formula is C15H14BrNO2. The van der Waals surface area contributed by atoms with E-state index < -0.39 is 6.10 Å². The normalized spacial score (nSPS) is 11.9. The second-order valence-corrected chi connectivity index (χ2v) is 5.18. The lowest BCUT2D eigenvalue weighted by Crippen LogP contribution is -2.12. The molecule has 98 valence electrons. The molecule has 1 atom stereocenters. The van der Waals surface area contributed by atoms with Gasteiger partial charge in [-0.1, -0.05) is 34.1 Å². The first-order valence-electron chi connectivity index (χ1n) is 5.91. The predicted molar refractivity (Wildman–Crippen MR) is 79.2 cm³/mol. The summed E-state index contributed by atoms with van der Waals surface area (Å²) in [6.07, 6.45) is -0.553. The van der Waals surface area contributed by atoms with Crippen LogP contribution in [0, 0.1) is 0 Å². The van der Waals surface area contributed by atoms with Crippen LogP contribution < -0.4 is 5.32 Å². The van der Waals surface area contributed by atoms with Gasteiger partial charge >= 0.3 is 0 Å². The Balaban J connectivity index is 2.17. The van der Waals surface area contributed by atoms with Crippen molar-refractivity contribution in [2.24, 2.45) is 0 Å². The highest BCUT2D eigenvalue weighted by Crippen LogP contribution is 2.18. The van der Waals surface area contributed by atoms with Crippen molar-refractivity contribution in [3.63, 3.8) is 0 Å². The molecule has 0 aliphatic rings. The number of aliphatic hydroxyl groups excluding tert-OH is 1. The Bertz CT molecular complexity index is 596. The van der Waals surface area contributed by atoms with Gasteiger partial charge in [-0.05, 0) is 42.8 Å². The van der Waals surface area contributed by atoms with E-state index in [9.17, 15) is 9.90 Å². The lowest BCUT2D eigenvalue weighted by atomic mass is 10.1. The van der Waals surface area contributed by atoms with Gasteiger partial charge in [-0.2, -0.15) is 0 Å². The third-order valence-corrected chi connectivity index (χ3v) is 3.21. The van der Waals surface area contributed by atoms with Gasteiger partial charge in [0.1, 0.15) is 0 Å². The largest absolute Gasteiger partial charge is 0.389 e. The Hall–Kier alpha value is -1.65. The van der Waals surface area contributed by atoms with E-state index in [1.165, 1.54) is 0 Å². The molecule has 0 bridgehead atoms. The number of hydrogen-bond acceptors (Lipinski definition) is 2. The molecule has 0 spiro atoms. The number of aliphatic hydroxyl groups is 1. The lowest BCUT2D eigenvalue weighted by molar-refractivity contribution is 0.102. The number of nitrogens with one attached hydrogen (secondary N) is 1. The molecule has 0 aliphatic heterocycles. The summed E-state index contributed by atoms with van der Waals surface area (Å²) in [6.45, 7) is 1.69. The van der Waals surface area contributed by atoms with E-state index in [1.54, 1.807) is 37.3 Å². The summed E-state index contributed by atoms with van der Waals surface area (Å²) in [5, 5.41) is 12.3. The molecule has 4 heteroatoms. The molecule has 0 aromatic heterocycles. The van der Waals surface area contributed by atoms with Gasteiger partial charge < -0.3 is 10.4 Å². The van der Waals surface area contributed by atoms with Crippen LogP contribution in [0.25, 0.3) is 0 Å². The first kappa shape index (κ1) is 13.8. The van der Waals surface area contributed by atoms with Gasteiger partial charge in [-0.15, -0.1) is 0 Å². The SMILES string of the molecule is C[C@@H](O)c1cccc(NC(=O)c2cccc(Br)c2)c1. The molecule has 0 radical (unpaired) electrons. The van der Waals surface area contributed by atoms with Crippen molar-refractivity contribution in [3.05, 3.63) is 64.1 Å². The summed E-state index contributed by atoms with van der Waals surface area (Å²) < 4.78 is 0.859. The smallest absolute Gasteiger partial charge is 0.255 e. The van der Waals surface area contributed by atoms with Crippen LogP contribution in [-0.2, 0) is 0 Å². The fourth-order valence-electron chi connectivity index (χ4n) is 1.71. The number of carbonyl (C=O) groups is 1. The number of rotatable bonds is 3. The fourth-order valence-corrected chi connectivity index (χ4v) is 2.11. The summed E-state index contributed by atoms with van der Waals surface area (Å²) in [5.41, 5.74) is 2.02. The van der Waals surface area contributed by atoms with Crippen LogP contribution in [0.3, 0.4) is 0 Å². The minimum absolute atomic E-state index is 0.177. The van der Waals surface area contributed by atoms with E-state index in [-0.39, 0.29) is 5.91 Å². The van der Waals surface area contributed by atoms with Crippen molar-refractivity contribution >= 4 is 27.5 Å². The Labute approximate surface area is 120 Å². The van der Waals surface area contributed by atoms with Crippen molar-refractivity contribution in [1.29, 1.82) is 0 Å². The summed E-state index contributed by atoms with van der Waals surface area (Å²) in [5.74, 6) is -0.177. The topological polar surface area (TPSA) is 49.3 Å². The van der Waals surface area contributed by atoms with Crippen LogP contribution in [0.15, 0.2) is 53.0 Å². The molecule has 1 amide bonds. The van der Waals surface area contributed by atoms with Crippen molar-refractivity contribution in [1.82, 2.24) is 0 Å². The predicted octanol–water partition coefficient (Wildman–Crippen LogP) is 3.75. The van der Waals surface area contributed by atoms with Gasteiger partial charge in [0, 0.05) is 15.7 Å². The molecule has 2 aromatic rings. The van der Waals surface area contributed by atoms with E-state index >= 15 is 0 Å². The van der Waals surface area contributed by atoms with Crippen molar-refractivity contribution in [3.8, 4) is 0 Å². The van der Waals surface area contributed by atoms with Gasteiger partial charge in [0.15, 0.2) is 0 Å². The summed E-state index contributed by atoms with van der Waals surface area (Å²) in [6, 6.07) is 14.4. The molecule has 3 nitrogen and oxygen atoms in total. The third-order valence-electron chi connectivity index (χ3n) is 2.71. The van der Waals surface area contributed by atoms with Gasteiger partial charge in [-0.3, -0.25) is 4.79 Å². The van der Waals surface area contributed by atoms with Gasteiger partial charge in [0.05, 0.1) is 6.10 Å². The maximum absolute atomic E-state index is 12.1. The number of anilines is 1. The van der Waals surface area contributed by atoms with Crippen LogP contribution in [0.4, 0.5) is 5.69 Å². The zero-order valence-electron chi connectivity index (χ0n) is 10.4. The van der Waals surface area contributed by atoms with E-state index in [0.717, 1.165) is 10.0 Å². The second-order valence-electron chi connectivity index (χ2n) is 4.27. The van der Waals surface area contributed by atoms with E-state index in [0.29, 0.717) is 11.3 Å². The lowest BCUT2D eigenvalue weighted by Gasteiger charge is -2.09. The highest BCUT2D eigenvalue weighted by Gasteiger charge is 2.07. The van der Waals surface area contributed by atoms with Crippen LogP contribution >= 0.6 is 15.9 Å². The zero-order valence-corrected chi connectivity index (χ0v) is 12.0. The molecule has 2 aromatic carbocycles. The summed E-state index contributed by atoms with van der Waals surface area (Å²) in [7, 11) is 0. The molecule has 2 N–H and O–H groups in total. The Morgan fingerprint density at radius 2 is 1.95 bits per heavy atom. The average molecular weight is 320 g/mol. The average Bonchev–Trinajstić information content (AvgIpc) is 2.39. The molecule has 2 rings (SSSR count). The summed E-state index contributed by atoms with van der Waals surface area (Å²) in [4.78, 5) is 12.1. The van der Waals surface area contributed by atoms with Crippen molar-refractivity contribution in [2.45, 2.75) is 13.0 Å². The van der Waals surface area contributed by atoms with Crippen LogP contribution in [-0.4, -0.2) is 11.0 Å². The Morgan fingerprint density at radius 3 is 2.63 bits per heavy atom. The first-order chi connectivity index (χ1) is 9.06. The Morgan fingerprint density at radius 1 is 1.21 bits per heavy atom. The van der Waals surface area contributed by atoms with Crippen LogP contribution in [0.1, 0.15) is 28.9 Å². The van der Waals surface area contributed by atoms with Gasteiger partial charge in [-0.25, -0.2) is 0 Å². The maximum Gasteiger partial charge on any atom is 0.255 e. The van der Waals surface area contributed by atoms with Crippen LogP contribution in [0.2, 0.25) is 0 Å². The number of hydrogen-bond donors (Lipinski definition) is 2. The number of benzene rings is 2. The highest BCUT2D eigenvalue weighted by atomic mass is 79.9. The molecule has 0 unspecified atom stereocenters. The molecule has 0 saturated heterocycles. The number of carbonyl (C=O) groups excluding carboxylic acids is 1. The fraction of sp³-hybridized carbons (Fsp3) is 0.133. The van der Waals surface area contributed by atoms with E-state index in [4.69, 9.17) is 0 Å². The van der Waals surface area contributed by atoms with Crippen molar-refractivity contribution < 1.29 is 9.90 Å². The second kappa shape index (κ2) is 5.99. The summed E-state index contributed by atoms with van der Waals surface area (Å²) >= 11 is 3.33. The standard InChI is InChI=1S/C15H14BrNO2/c1-10(18)11-4-3-7-14(9-11)17-15(19)12-5-2-6-13(16)8-12/h2-10,18H,1H3,(H,17,19)/t10-/m1/s1. The molecule has 0 fully saturated rings. The minimum atomic E-state index is -0.553. The monoisotopic (exact) mass is 319 g/mol. The quantitative estimate of drug-likeness (QED) is 0.905.